The van der Waals surface area contributed by atoms with Gasteiger partial charge in [0.2, 0.25) is 0 Å². The van der Waals surface area contributed by atoms with Crippen molar-refractivity contribution in [3.63, 3.8) is 0 Å². The van der Waals surface area contributed by atoms with Crippen LogP contribution in [0.15, 0.2) is 18.2 Å². The topological polar surface area (TPSA) is 44.4 Å². The lowest BCUT2D eigenvalue weighted by molar-refractivity contribution is 0.0953. The fourth-order valence-corrected chi connectivity index (χ4v) is 2.80. The Labute approximate surface area is 127 Å². The van der Waals surface area contributed by atoms with Crippen molar-refractivity contribution in [2.75, 3.05) is 38.0 Å². The zero-order valence-corrected chi connectivity index (χ0v) is 13.2. The minimum atomic E-state index is 0.0207. The molecule has 4 nitrogen and oxygen atoms in total. The molecule has 2 rings (SSSR count). The van der Waals surface area contributed by atoms with Gasteiger partial charge in [0.25, 0.3) is 5.91 Å². The molecule has 1 aromatic carbocycles. The van der Waals surface area contributed by atoms with Gasteiger partial charge in [-0.05, 0) is 70.4 Å². The first-order valence-corrected chi connectivity index (χ1v) is 8.06. The Morgan fingerprint density at radius 3 is 2.76 bits per heavy atom. The summed E-state index contributed by atoms with van der Waals surface area (Å²) in [6.45, 7) is 9.17. The number of nitrogens with one attached hydrogen (secondary N) is 2. The molecule has 1 aliphatic rings. The summed E-state index contributed by atoms with van der Waals surface area (Å²) in [5, 5.41) is 6.30. The summed E-state index contributed by atoms with van der Waals surface area (Å²) in [5.41, 5.74) is 2.83. The van der Waals surface area contributed by atoms with Crippen molar-refractivity contribution in [3.8, 4) is 0 Å². The summed E-state index contributed by atoms with van der Waals surface area (Å²) in [5.74, 6) is 0.0207. The molecule has 4 heteroatoms. The maximum atomic E-state index is 12.3. The van der Waals surface area contributed by atoms with Gasteiger partial charge in [0.05, 0.1) is 5.56 Å². The third-order valence-electron chi connectivity index (χ3n) is 3.92. The van der Waals surface area contributed by atoms with E-state index in [9.17, 15) is 4.79 Å². The molecule has 0 saturated carbocycles. The number of carbonyl (C=O) groups excluding carboxylic acids is 1. The van der Waals surface area contributed by atoms with Crippen LogP contribution in [0.4, 0.5) is 5.69 Å². The average molecular weight is 289 g/mol. The van der Waals surface area contributed by atoms with Crippen LogP contribution in [0.2, 0.25) is 0 Å². The van der Waals surface area contributed by atoms with Gasteiger partial charge in [-0.1, -0.05) is 6.07 Å². The number of rotatable bonds is 7. The molecule has 1 amide bonds. The van der Waals surface area contributed by atoms with E-state index in [1.54, 1.807) is 0 Å². The molecular weight excluding hydrogens is 262 g/mol. The van der Waals surface area contributed by atoms with Gasteiger partial charge >= 0.3 is 0 Å². The molecule has 1 aliphatic heterocycles. The van der Waals surface area contributed by atoms with E-state index in [1.807, 2.05) is 32.0 Å². The standard InChI is InChI=1S/C17H27N3O/c1-3-18-16-13-14(2)7-8-15(16)17(21)19-9-6-12-20-10-4-5-11-20/h7-8,13,18H,3-6,9-12H2,1-2H3,(H,19,21). The van der Waals surface area contributed by atoms with Crippen LogP contribution in [0.25, 0.3) is 0 Å². The quantitative estimate of drug-likeness (QED) is 0.759. The Morgan fingerprint density at radius 2 is 2.05 bits per heavy atom. The Kier molecular flexibility index (Phi) is 6.05. The molecule has 116 valence electrons. The SMILES string of the molecule is CCNc1cc(C)ccc1C(=O)NCCCN1CCCC1. The zero-order chi connectivity index (χ0) is 15.1. The lowest BCUT2D eigenvalue weighted by Gasteiger charge is -2.15. The van der Waals surface area contributed by atoms with Gasteiger partial charge in [0.15, 0.2) is 0 Å². The fraction of sp³-hybridized carbons (Fsp3) is 0.588. The van der Waals surface area contributed by atoms with Gasteiger partial charge < -0.3 is 15.5 Å². The van der Waals surface area contributed by atoms with E-state index in [0.29, 0.717) is 0 Å². The van der Waals surface area contributed by atoms with E-state index in [2.05, 4.69) is 15.5 Å². The van der Waals surface area contributed by atoms with Gasteiger partial charge in [-0.15, -0.1) is 0 Å². The molecule has 0 aliphatic carbocycles. The predicted molar refractivity (Wildman–Crippen MR) is 88.0 cm³/mol. The summed E-state index contributed by atoms with van der Waals surface area (Å²) in [6.07, 6.45) is 3.66. The van der Waals surface area contributed by atoms with Crippen LogP contribution in [0.3, 0.4) is 0 Å². The zero-order valence-electron chi connectivity index (χ0n) is 13.2. The number of carbonyl (C=O) groups is 1. The van der Waals surface area contributed by atoms with Crippen molar-refractivity contribution < 1.29 is 4.79 Å². The third kappa shape index (κ3) is 4.74. The van der Waals surface area contributed by atoms with E-state index in [0.717, 1.165) is 42.9 Å². The largest absolute Gasteiger partial charge is 0.385 e. The highest BCUT2D eigenvalue weighted by atomic mass is 16.1. The number of aryl methyl sites for hydroxylation is 1. The highest BCUT2D eigenvalue weighted by molar-refractivity contribution is 5.99. The van der Waals surface area contributed by atoms with Crippen LogP contribution in [0.1, 0.15) is 42.1 Å². The first kappa shape index (κ1) is 15.8. The Hall–Kier alpha value is -1.55. The molecule has 0 spiro atoms. The molecular formula is C17H27N3O. The molecule has 1 heterocycles. The van der Waals surface area contributed by atoms with E-state index in [1.165, 1.54) is 25.9 Å². The summed E-state index contributed by atoms with van der Waals surface area (Å²) in [6, 6.07) is 5.92. The van der Waals surface area contributed by atoms with Crippen LogP contribution in [-0.4, -0.2) is 43.5 Å². The number of benzene rings is 1. The van der Waals surface area contributed by atoms with Gasteiger partial charge in [-0.2, -0.15) is 0 Å². The Bertz CT molecular complexity index is 467. The van der Waals surface area contributed by atoms with Crippen molar-refractivity contribution in [3.05, 3.63) is 29.3 Å². The van der Waals surface area contributed by atoms with Gasteiger partial charge in [0, 0.05) is 18.8 Å². The Balaban J connectivity index is 1.81. The monoisotopic (exact) mass is 289 g/mol. The first-order chi connectivity index (χ1) is 10.2. The van der Waals surface area contributed by atoms with Gasteiger partial charge in [-0.3, -0.25) is 4.79 Å². The number of anilines is 1. The molecule has 0 unspecified atom stereocenters. The third-order valence-corrected chi connectivity index (χ3v) is 3.92. The highest BCUT2D eigenvalue weighted by Gasteiger charge is 2.12. The Morgan fingerprint density at radius 1 is 1.29 bits per heavy atom. The number of hydrogen-bond donors (Lipinski definition) is 2. The van der Waals surface area contributed by atoms with Crippen molar-refractivity contribution >= 4 is 11.6 Å². The number of likely N-dealkylation sites (tertiary alicyclic amines) is 1. The van der Waals surface area contributed by atoms with Crippen molar-refractivity contribution in [1.29, 1.82) is 0 Å². The number of nitrogens with zero attached hydrogens (tertiary/aromatic N) is 1. The molecule has 0 atom stereocenters. The second-order valence-electron chi connectivity index (χ2n) is 5.74. The molecule has 0 bridgehead atoms. The minimum absolute atomic E-state index is 0.0207. The normalized spacial score (nSPS) is 15.1. The summed E-state index contributed by atoms with van der Waals surface area (Å²) in [4.78, 5) is 14.8. The average Bonchev–Trinajstić information content (AvgIpc) is 2.97. The second kappa shape index (κ2) is 8.03. The maximum absolute atomic E-state index is 12.3. The lowest BCUT2D eigenvalue weighted by atomic mass is 10.1. The van der Waals surface area contributed by atoms with E-state index in [4.69, 9.17) is 0 Å². The number of hydrogen-bond acceptors (Lipinski definition) is 3. The molecule has 2 N–H and O–H groups in total. The van der Waals surface area contributed by atoms with E-state index in [-0.39, 0.29) is 5.91 Å². The molecule has 0 aromatic heterocycles. The van der Waals surface area contributed by atoms with Gasteiger partial charge in [0.1, 0.15) is 0 Å². The summed E-state index contributed by atoms with van der Waals surface area (Å²) >= 11 is 0. The maximum Gasteiger partial charge on any atom is 0.253 e. The first-order valence-electron chi connectivity index (χ1n) is 8.06. The lowest BCUT2D eigenvalue weighted by Crippen LogP contribution is -2.29. The van der Waals surface area contributed by atoms with E-state index >= 15 is 0 Å². The predicted octanol–water partition coefficient (Wildman–Crippen LogP) is 2.64. The molecule has 1 saturated heterocycles. The molecule has 21 heavy (non-hydrogen) atoms. The van der Waals surface area contributed by atoms with E-state index < -0.39 is 0 Å². The molecule has 1 fully saturated rings. The van der Waals surface area contributed by atoms with Crippen molar-refractivity contribution in [2.45, 2.75) is 33.1 Å². The van der Waals surface area contributed by atoms with Crippen LogP contribution >= 0.6 is 0 Å². The van der Waals surface area contributed by atoms with Crippen molar-refractivity contribution in [1.82, 2.24) is 10.2 Å². The molecule has 1 aromatic rings. The van der Waals surface area contributed by atoms with Crippen molar-refractivity contribution in [2.24, 2.45) is 0 Å². The highest BCUT2D eigenvalue weighted by Crippen LogP contribution is 2.17. The van der Waals surface area contributed by atoms with Crippen LogP contribution in [0.5, 0.6) is 0 Å². The fourth-order valence-electron chi connectivity index (χ4n) is 2.80. The van der Waals surface area contributed by atoms with Crippen LogP contribution in [-0.2, 0) is 0 Å². The molecule has 0 radical (unpaired) electrons. The van der Waals surface area contributed by atoms with Crippen LogP contribution < -0.4 is 10.6 Å². The van der Waals surface area contributed by atoms with Gasteiger partial charge in [-0.25, -0.2) is 0 Å². The number of amides is 1. The summed E-state index contributed by atoms with van der Waals surface area (Å²) < 4.78 is 0. The second-order valence-corrected chi connectivity index (χ2v) is 5.74. The minimum Gasteiger partial charge on any atom is -0.385 e. The summed E-state index contributed by atoms with van der Waals surface area (Å²) in [7, 11) is 0. The van der Waals surface area contributed by atoms with Crippen LogP contribution in [0, 0.1) is 6.92 Å². The smallest absolute Gasteiger partial charge is 0.253 e.